The lowest BCUT2D eigenvalue weighted by molar-refractivity contribution is -0.128. The fourth-order valence-corrected chi connectivity index (χ4v) is 2.82. The minimum absolute atomic E-state index is 0.215. The highest BCUT2D eigenvalue weighted by Gasteiger charge is 2.52. The number of carbonyl (C=O) groups is 1. The maximum absolute atomic E-state index is 12.1. The molecule has 0 saturated carbocycles. The molecular weight excluding hydrogens is 188 g/mol. The summed E-state index contributed by atoms with van der Waals surface area (Å²) in [5.41, 5.74) is 7.35. The van der Waals surface area contributed by atoms with Gasteiger partial charge in [0.2, 0.25) is 5.91 Å². The fourth-order valence-electron chi connectivity index (χ4n) is 2.82. The maximum Gasteiger partial charge on any atom is 0.233 e. The van der Waals surface area contributed by atoms with E-state index in [1.807, 2.05) is 29.2 Å². The molecule has 2 heterocycles. The minimum atomic E-state index is -0.215. The van der Waals surface area contributed by atoms with Crippen molar-refractivity contribution >= 4 is 11.6 Å². The third kappa shape index (κ3) is 1.03. The Morgan fingerprint density at radius 1 is 1.13 bits per heavy atom. The SMILES string of the molecule is Nc1ccc(C23CCN(CC2)C3=O)cc1. The predicted octanol–water partition coefficient (Wildman–Crippen LogP) is 1.14. The average molecular weight is 202 g/mol. The summed E-state index contributed by atoms with van der Waals surface area (Å²) in [7, 11) is 0. The van der Waals surface area contributed by atoms with Gasteiger partial charge in [0.1, 0.15) is 0 Å². The van der Waals surface area contributed by atoms with Crippen molar-refractivity contribution in [1.29, 1.82) is 0 Å². The molecule has 0 unspecified atom stereocenters. The zero-order valence-electron chi connectivity index (χ0n) is 8.57. The van der Waals surface area contributed by atoms with Crippen molar-refractivity contribution in [1.82, 2.24) is 4.90 Å². The van der Waals surface area contributed by atoms with E-state index in [2.05, 4.69) is 0 Å². The summed E-state index contributed by atoms with van der Waals surface area (Å²) in [5, 5.41) is 0. The van der Waals surface area contributed by atoms with Crippen LogP contribution in [0, 0.1) is 0 Å². The van der Waals surface area contributed by atoms with E-state index >= 15 is 0 Å². The number of hydrogen-bond donors (Lipinski definition) is 1. The van der Waals surface area contributed by atoms with Gasteiger partial charge in [-0.15, -0.1) is 0 Å². The molecule has 0 radical (unpaired) electrons. The molecule has 3 nitrogen and oxygen atoms in total. The minimum Gasteiger partial charge on any atom is -0.399 e. The Morgan fingerprint density at radius 2 is 1.73 bits per heavy atom. The molecule has 0 spiro atoms. The molecule has 0 atom stereocenters. The number of nitrogen functional groups attached to an aromatic ring is 1. The predicted molar refractivity (Wildman–Crippen MR) is 58.3 cm³/mol. The third-order valence-electron chi connectivity index (χ3n) is 3.78. The van der Waals surface area contributed by atoms with E-state index in [0.717, 1.165) is 37.2 Å². The highest BCUT2D eigenvalue weighted by Crippen LogP contribution is 2.44. The Balaban J connectivity index is 2.06. The van der Waals surface area contributed by atoms with E-state index in [1.54, 1.807) is 0 Å². The van der Waals surface area contributed by atoms with E-state index in [1.165, 1.54) is 0 Å². The topological polar surface area (TPSA) is 46.3 Å². The second-order valence-electron chi connectivity index (χ2n) is 4.50. The van der Waals surface area contributed by atoms with Gasteiger partial charge in [0.25, 0.3) is 0 Å². The van der Waals surface area contributed by atoms with Gasteiger partial charge >= 0.3 is 0 Å². The molecule has 78 valence electrons. The first-order valence-corrected chi connectivity index (χ1v) is 5.38. The summed E-state index contributed by atoms with van der Waals surface area (Å²) in [6.45, 7) is 1.84. The van der Waals surface area contributed by atoms with Crippen molar-refractivity contribution < 1.29 is 4.79 Å². The Bertz CT molecular complexity index is 402. The fraction of sp³-hybridized carbons (Fsp3) is 0.417. The number of rotatable bonds is 1. The highest BCUT2D eigenvalue weighted by atomic mass is 16.2. The van der Waals surface area contributed by atoms with Gasteiger partial charge in [-0.05, 0) is 30.5 Å². The zero-order chi connectivity index (χ0) is 10.5. The van der Waals surface area contributed by atoms with Crippen LogP contribution in [0.2, 0.25) is 0 Å². The number of amides is 1. The lowest BCUT2D eigenvalue weighted by atomic mass is 9.77. The Labute approximate surface area is 88.9 Å². The molecular formula is C12H14N2O. The molecule has 2 bridgehead atoms. The number of nitrogens with zero attached hydrogens (tertiary/aromatic N) is 1. The van der Waals surface area contributed by atoms with Crippen molar-refractivity contribution in [2.45, 2.75) is 18.3 Å². The lowest BCUT2D eigenvalue weighted by Gasteiger charge is -2.23. The molecule has 15 heavy (non-hydrogen) atoms. The van der Waals surface area contributed by atoms with E-state index in [-0.39, 0.29) is 5.41 Å². The first-order valence-electron chi connectivity index (χ1n) is 5.38. The number of piperidine rings is 1. The van der Waals surface area contributed by atoms with Gasteiger partial charge in [-0.2, -0.15) is 0 Å². The number of nitrogens with two attached hydrogens (primary N) is 1. The van der Waals surface area contributed by atoms with E-state index in [0.29, 0.717) is 5.91 Å². The molecule has 1 amide bonds. The van der Waals surface area contributed by atoms with Crippen LogP contribution in [0.15, 0.2) is 24.3 Å². The van der Waals surface area contributed by atoms with E-state index in [9.17, 15) is 4.79 Å². The number of hydrogen-bond acceptors (Lipinski definition) is 2. The first-order chi connectivity index (χ1) is 7.22. The summed E-state index contributed by atoms with van der Waals surface area (Å²) in [6.07, 6.45) is 1.94. The normalized spacial score (nSPS) is 22.4. The third-order valence-corrected chi connectivity index (χ3v) is 3.78. The van der Waals surface area contributed by atoms with Gasteiger partial charge in [0.05, 0.1) is 5.41 Å². The molecule has 2 fully saturated rings. The smallest absolute Gasteiger partial charge is 0.233 e. The molecule has 3 rings (SSSR count). The Hall–Kier alpha value is -1.51. The number of anilines is 1. The average Bonchev–Trinajstić information content (AvgIpc) is 2.74. The van der Waals surface area contributed by atoms with Crippen molar-refractivity contribution in [3.8, 4) is 0 Å². The largest absolute Gasteiger partial charge is 0.399 e. The van der Waals surface area contributed by atoms with E-state index in [4.69, 9.17) is 5.73 Å². The molecule has 0 aromatic heterocycles. The monoisotopic (exact) mass is 202 g/mol. The molecule has 2 saturated heterocycles. The summed E-state index contributed by atoms with van der Waals surface area (Å²) in [5.74, 6) is 0.312. The van der Waals surface area contributed by atoms with Gasteiger partial charge in [-0.25, -0.2) is 0 Å². The van der Waals surface area contributed by atoms with Crippen LogP contribution in [0.1, 0.15) is 18.4 Å². The van der Waals surface area contributed by atoms with Crippen LogP contribution in [-0.4, -0.2) is 23.9 Å². The quantitative estimate of drug-likeness (QED) is 0.694. The number of carbonyl (C=O) groups excluding carboxylic acids is 1. The molecule has 2 aliphatic rings. The second-order valence-corrected chi connectivity index (χ2v) is 4.50. The summed E-state index contributed by atoms with van der Waals surface area (Å²) in [6, 6.07) is 7.78. The van der Waals surface area contributed by atoms with Gasteiger partial charge in [0, 0.05) is 18.8 Å². The van der Waals surface area contributed by atoms with Crippen molar-refractivity contribution in [3.63, 3.8) is 0 Å². The standard InChI is InChI=1S/C12H14N2O/c13-10-3-1-9(2-4-10)12-5-7-14(8-6-12)11(12)15/h1-4H,5-8,13H2. The molecule has 3 heteroatoms. The van der Waals surface area contributed by atoms with Crippen LogP contribution in [-0.2, 0) is 10.2 Å². The summed E-state index contributed by atoms with van der Waals surface area (Å²) >= 11 is 0. The molecule has 2 aliphatic heterocycles. The van der Waals surface area contributed by atoms with Gasteiger partial charge in [0.15, 0.2) is 0 Å². The van der Waals surface area contributed by atoms with Crippen LogP contribution in [0.5, 0.6) is 0 Å². The van der Waals surface area contributed by atoms with Crippen LogP contribution >= 0.6 is 0 Å². The number of fused-ring (bicyclic) bond motifs is 2. The molecule has 1 aromatic carbocycles. The van der Waals surface area contributed by atoms with Crippen molar-refractivity contribution in [3.05, 3.63) is 29.8 Å². The second kappa shape index (κ2) is 2.75. The van der Waals surface area contributed by atoms with E-state index < -0.39 is 0 Å². The Kier molecular flexibility index (Phi) is 1.61. The highest BCUT2D eigenvalue weighted by molar-refractivity contribution is 5.92. The Morgan fingerprint density at radius 3 is 2.20 bits per heavy atom. The van der Waals surface area contributed by atoms with Crippen molar-refractivity contribution in [2.24, 2.45) is 0 Å². The van der Waals surface area contributed by atoms with Crippen LogP contribution in [0.4, 0.5) is 5.69 Å². The molecule has 0 aliphatic carbocycles. The summed E-state index contributed by atoms with van der Waals surface area (Å²) in [4.78, 5) is 14.0. The van der Waals surface area contributed by atoms with Crippen LogP contribution in [0.3, 0.4) is 0 Å². The van der Waals surface area contributed by atoms with Gasteiger partial charge in [-0.1, -0.05) is 12.1 Å². The lowest BCUT2D eigenvalue weighted by Crippen LogP contribution is -2.28. The van der Waals surface area contributed by atoms with Gasteiger partial charge < -0.3 is 10.6 Å². The molecule has 1 aromatic rings. The summed E-state index contributed by atoms with van der Waals surface area (Å²) < 4.78 is 0. The molecule has 2 N–H and O–H groups in total. The first kappa shape index (κ1) is 8.77. The maximum atomic E-state index is 12.1. The van der Waals surface area contributed by atoms with Gasteiger partial charge in [-0.3, -0.25) is 4.79 Å². The van der Waals surface area contributed by atoms with Crippen molar-refractivity contribution in [2.75, 3.05) is 18.8 Å². The van der Waals surface area contributed by atoms with Crippen LogP contribution in [0.25, 0.3) is 0 Å². The number of benzene rings is 1. The van der Waals surface area contributed by atoms with Crippen LogP contribution < -0.4 is 5.73 Å². The zero-order valence-corrected chi connectivity index (χ0v) is 8.57.